The number of amidine groups is 1. The smallest absolute Gasteiger partial charge is 0.251 e. The van der Waals surface area contributed by atoms with E-state index in [0.717, 1.165) is 42.9 Å². The van der Waals surface area contributed by atoms with Gasteiger partial charge in [-0.25, -0.2) is 4.99 Å². The van der Waals surface area contributed by atoms with Crippen LogP contribution in [0.15, 0.2) is 53.5 Å². The van der Waals surface area contributed by atoms with Gasteiger partial charge in [0.1, 0.15) is 17.3 Å². The van der Waals surface area contributed by atoms with E-state index in [1.807, 2.05) is 55.5 Å². The van der Waals surface area contributed by atoms with Crippen LogP contribution in [0.2, 0.25) is 0 Å². The summed E-state index contributed by atoms with van der Waals surface area (Å²) in [5.41, 5.74) is 8.47. The van der Waals surface area contributed by atoms with Crippen LogP contribution in [0.3, 0.4) is 0 Å². The average Bonchev–Trinajstić information content (AvgIpc) is 2.68. The van der Waals surface area contributed by atoms with E-state index in [1.165, 1.54) is 0 Å². The van der Waals surface area contributed by atoms with Crippen LogP contribution in [0.1, 0.15) is 35.7 Å². The number of amides is 1. The first-order valence-electron chi connectivity index (χ1n) is 9.31. The maximum Gasteiger partial charge on any atom is 0.251 e. The molecule has 4 N–H and O–H groups in total. The Morgan fingerprint density at radius 2 is 1.93 bits per heavy atom. The van der Waals surface area contributed by atoms with Gasteiger partial charge in [-0.15, -0.1) is 0 Å². The molecule has 27 heavy (non-hydrogen) atoms. The maximum absolute atomic E-state index is 11.9. The Bertz CT molecular complexity index is 805. The van der Waals surface area contributed by atoms with Crippen LogP contribution >= 0.6 is 0 Å². The Balaban J connectivity index is 1.33. The lowest BCUT2D eigenvalue weighted by atomic mass is 10.1. The Kier molecular flexibility index (Phi) is 6.44. The number of carbonyl (C=O) groups excluding carboxylic acids is 1. The van der Waals surface area contributed by atoms with Crippen molar-refractivity contribution < 1.29 is 9.53 Å². The van der Waals surface area contributed by atoms with Gasteiger partial charge in [-0.3, -0.25) is 4.79 Å². The quantitative estimate of drug-likeness (QED) is 0.627. The predicted molar refractivity (Wildman–Crippen MR) is 108 cm³/mol. The van der Waals surface area contributed by atoms with Gasteiger partial charge in [0.15, 0.2) is 6.10 Å². The molecule has 0 saturated heterocycles. The van der Waals surface area contributed by atoms with Crippen molar-refractivity contribution in [3.05, 3.63) is 59.7 Å². The summed E-state index contributed by atoms with van der Waals surface area (Å²) in [4.78, 5) is 16.3. The highest BCUT2D eigenvalue weighted by molar-refractivity contribution is 5.94. The van der Waals surface area contributed by atoms with Gasteiger partial charge in [0.05, 0.1) is 0 Å². The van der Waals surface area contributed by atoms with Gasteiger partial charge in [-0.2, -0.15) is 0 Å². The first kappa shape index (κ1) is 18.9. The van der Waals surface area contributed by atoms with E-state index >= 15 is 0 Å². The Morgan fingerprint density at radius 1 is 1.15 bits per heavy atom. The zero-order valence-corrected chi connectivity index (χ0v) is 15.6. The molecule has 1 aliphatic heterocycles. The number of nitrogens with two attached hydrogens (primary N) is 1. The van der Waals surface area contributed by atoms with Crippen LogP contribution in [0.25, 0.3) is 0 Å². The molecule has 0 radical (unpaired) electrons. The summed E-state index contributed by atoms with van der Waals surface area (Å²) in [5.74, 6) is 1.26. The number of ether oxygens (including phenoxy) is 1. The molecule has 3 rings (SSSR count). The fraction of sp³-hybridized carbons (Fsp3) is 0.333. The van der Waals surface area contributed by atoms with E-state index in [4.69, 9.17) is 10.5 Å². The van der Waals surface area contributed by atoms with Crippen LogP contribution in [-0.2, 0) is 6.54 Å². The Hall–Kier alpha value is -2.86. The summed E-state index contributed by atoms with van der Waals surface area (Å²) in [6, 6.07) is 15.3. The van der Waals surface area contributed by atoms with E-state index < -0.39 is 0 Å². The van der Waals surface area contributed by atoms with Crippen LogP contribution in [0.4, 0.5) is 5.69 Å². The molecule has 142 valence electrons. The number of unbranched alkanes of at least 4 members (excludes halogenated alkanes) is 1. The van der Waals surface area contributed by atoms with Crippen LogP contribution in [0.5, 0.6) is 5.75 Å². The normalized spacial score (nSPS) is 15.4. The molecule has 6 heteroatoms. The fourth-order valence-electron chi connectivity index (χ4n) is 2.84. The number of rotatable bonds is 8. The third-order valence-electron chi connectivity index (χ3n) is 4.42. The van der Waals surface area contributed by atoms with Crippen molar-refractivity contribution in [2.24, 2.45) is 10.7 Å². The zero-order chi connectivity index (χ0) is 19.1. The summed E-state index contributed by atoms with van der Waals surface area (Å²) in [6.45, 7) is 4.21. The lowest BCUT2D eigenvalue weighted by Gasteiger charge is -2.21. The lowest BCUT2D eigenvalue weighted by molar-refractivity contribution is 0.0953. The largest absolute Gasteiger partial charge is 0.481 e. The van der Waals surface area contributed by atoms with Crippen LogP contribution in [0, 0.1) is 0 Å². The van der Waals surface area contributed by atoms with Crippen LogP contribution < -0.4 is 21.1 Å². The maximum atomic E-state index is 11.9. The van der Waals surface area contributed by atoms with Gasteiger partial charge in [0, 0.05) is 18.7 Å². The minimum atomic E-state index is -0.177. The van der Waals surface area contributed by atoms with E-state index in [-0.39, 0.29) is 12.0 Å². The van der Waals surface area contributed by atoms with Gasteiger partial charge in [-0.1, -0.05) is 24.3 Å². The molecule has 0 bridgehead atoms. The number of carbonyl (C=O) groups is 1. The molecular formula is C21H26N4O2. The third kappa shape index (κ3) is 5.31. The molecule has 0 aliphatic carbocycles. The second-order valence-electron chi connectivity index (χ2n) is 6.60. The number of hydrogen-bond acceptors (Lipinski definition) is 5. The number of fused-ring (bicyclic) bond motifs is 1. The van der Waals surface area contributed by atoms with Gasteiger partial charge < -0.3 is 21.1 Å². The van der Waals surface area contributed by atoms with E-state index in [2.05, 4.69) is 15.6 Å². The van der Waals surface area contributed by atoms with Crippen molar-refractivity contribution in [1.82, 2.24) is 10.6 Å². The third-order valence-corrected chi connectivity index (χ3v) is 4.42. The van der Waals surface area contributed by atoms with E-state index in [9.17, 15) is 4.79 Å². The van der Waals surface area contributed by atoms with Crippen molar-refractivity contribution in [3.63, 3.8) is 0 Å². The molecular weight excluding hydrogens is 340 g/mol. The molecule has 6 nitrogen and oxygen atoms in total. The molecule has 2 aromatic carbocycles. The van der Waals surface area contributed by atoms with Crippen molar-refractivity contribution in [2.45, 2.75) is 32.4 Å². The highest BCUT2D eigenvalue weighted by Gasteiger charge is 2.18. The Morgan fingerprint density at radius 3 is 2.74 bits per heavy atom. The number of benzene rings is 2. The molecule has 1 amide bonds. The van der Waals surface area contributed by atoms with Crippen molar-refractivity contribution >= 4 is 17.4 Å². The second-order valence-corrected chi connectivity index (χ2v) is 6.60. The topological polar surface area (TPSA) is 88.7 Å². The first-order chi connectivity index (χ1) is 13.1. The molecule has 0 spiro atoms. The van der Waals surface area contributed by atoms with Gasteiger partial charge in [-0.05, 0) is 56.1 Å². The monoisotopic (exact) mass is 366 g/mol. The SMILES string of the molecule is CC1Oc2ccc(CNCCCCNC(=O)c3ccccc3)cc2N=C1N. The summed E-state index contributed by atoms with van der Waals surface area (Å²) < 4.78 is 5.71. The molecule has 0 fully saturated rings. The predicted octanol–water partition coefficient (Wildman–Crippen LogP) is 2.76. The van der Waals surface area contributed by atoms with Gasteiger partial charge in [0.25, 0.3) is 5.91 Å². The van der Waals surface area contributed by atoms with Gasteiger partial charge >= 0.3 is 0 Å². The summed E-state index contributed by atoms with van der Waals surface area (Å²) >= 11 is 0. The van der Waals surface area contributed by atoms with Crippen LogP contribution in [-0.4, -0.2) is 30.9 Å². The zero-order valence-electron chi connectivity index (χ0n) is 15.6. The van der Waals surface area contributed by atoms with E-state index in [1.54, 1.807) is 0 Å². The second kappa shape index (κ2) is 9.19. The number of nitrogens with zero attached hydrogens (tertiary/aromatic N) is 1. The summed E-state index contributed by atoms with van der Waals surface area (Å²) in [6.07, 6.45) is 1.75. The van der Waals surface area contributed by atoms with Crippen molar-refractivity contribution in [3.8, 4) is 5.75 Å². The number of nitrogens with one attached hydrogen (secondary N) is 2. The number of hydrogen-bond donors (Lipinski definition) is 3. The van der Waals surface area contributed by atoms with E-state index in [0.29, 0.717) is 17.9 Å². The molecule has 1 atom stereocenters. The standard InChI is InChI=1S/C21H26N4O2/c1-15-20(22)25-18-13-16(9-10-19(18)27-15)14-23-11-5-6-12-24-21(26)17-7-3-2-4-8-17/h2-4,7-10,13,15,23H,5-6,11-12,14H2,1H3,(H2,22,25)(H,24,26). The molecule has 0 aromatic heterocycles. The van der Waals surface area contributed by atoms with Crippen molar-refractivity contribution in [1.29, 1.82) is 0 Å². The molecule has 1 aliphatic rings. The first-order valence-corrected chi connectivity index (χ1v) is 9.31. The minimum absolute atomic E-state index is 0.0195. The molecule has 1 heterocycles. The summed E-state index contributed by atoms with van der Waals surface area (Å²) in [7, 11) is 0. The highest BCUT2D eigenvalue weighted by Crippen LogP contribution is 2.32. The lowest BCUT2D eigenvalue weighted by Crippen LogP contribution is -2.33. The highest BCUT2D eigenvalue weighted by atomic mass is 16.5. The Labute approximate surface area is 159 Å². The molecule has 1 unspecified atom stereocenters. The van der Waals surface area contributed by atoms with Gasteiger partial charge in [0.2, 0.25) is 0 Å². The molecule has 0 saturated carbocycles. The average molecular weight is 366 g/mol. The molecule has 2 aromatic rings. The van der Waals surface area contributed by atoms with Crippen molar-refractivity contribution in [2.75, 3.05) is 13.1 Å². The fourth-order valence-corrected chi connectivity index (χ4v) is 2.84. The summed E-state index contributed by atoms with van der Waals surface area (Å²) in [5, 5.41) is 6.36. The number of aliphatic imine (C=N–C) groups is 1. The minimum Gasteiger partial charge on any atom is -0.481 e.